The molecule has 1 heterocycles. The number of nitrogens with two attached hydrogens (primary N) is 1. The van der Waals surface area contributed by atoms with Crippen LogP contribution in [0.4, 0.5) is 5.69 Å². The van der Waals surface area contributed by atoms with Crippen LogP contribution in [0.2, 0.25) is 0 Å². The molecule has 3 nitrogen and oxygen atoms in total. The van der Waals surface area contributed by atoms with E-state index in [0.29, 0.717) is 13.2 Å². The van der Waals surface area contributed by atoms with Gasteiger partial charge in [-0.05, 0) is 31.0 Å². The lowest BCUT2D eigenvalue weighted by Crippen LogP contribution is -2.32. The first-order valence-corrected chi connectivity index (χ1v) is 7.61. The smallest absolute Gasteiger partial charge is 0.124 e. The molecule has 3 heteroatoms. The normalized spacial score (nSPS) is 14.9. The number of ether oxygens (including phenoxy) is 1. The number of nitrogens with zero attached hydrogens (tertiary/aromatic N) is 1. The van der Waals surface area contributed by atoms with Gasteiger partial charge in [-0.2, -0.15) is 0 Å². The maximum Gasteiger partial charge on any atom is 0.124 e. The quantitative estimate of drug-likeness (QED) is 0.915. The Kier molecular flexibility index (Phi) is 4.11. The molecule has 1 atom stereocenters. The Morgan fingerprint density at radius 3 is 2.71 bits per heavy atom. The predicted molar refractivity (Wildman–Crippen MR) is 86.9 cm³/mol. The van der Waals surface area contributed by atoms with Gasteiger partial charge in [-0.25, -0.2) is 0 Å². The van der Waals surface area contributed by atoms with E-state index >= 15 is 0 Å². The molecule has 0 bridgehead atoms. The molecule has 0 fully saturated rings. The lowest BCUT2D eigenvalue weighted by atomic mass is 10.0. The van der Waals surface area contributed by atoms with Crippen molar-refractivity contribution in [1.29, 1.82) is 0 Å². The summed E-state index contributed by atoms with van der Waals surface area (Å²) in [6.45, 7) is 4.28. The first-order chi connectivity index (χ1) is 10.3. The molecule has 2 N–H and O–H groups in total. The Morgan fingerprint density at radius 1 is 1.14 bits per heavy atom. The summed E-state index contributed by atoms with van der Waals surface area (Å²) in [7, 11) is 0. The second-order valence-electron chi connectivity index (χ2n) is 5.29. The second kappa shape index (κ2) is 6.19. The molecule has 1 aliphatic heterocycles. The molecule has 0 aliphatic carbocycles. The third-order valence-corrected chi connectivity index (χ3v) is 4.10. The topological polar surface area (TPSA) is 38.5 Å². The van der Waals surface area contributed by atoms with Gasteiger partial charge in [-0.1, -0.05) is 36.4 Å². The summed E-state index contributed by atoms with van der Waals surface area (Å²) < 4.78 is 5.79. The zero-order chi connectivity index (χ0) is 14.7. The molecule has 0 aromatic heterocycles. The second-order valence-corrected chi connectivity index (χ2v) is 5.29. The molecule has 0 saturated carbocycles. The van der Waals surface area contributed by atoms with Crippen LogP contribution in [0, 0.1) is 0 Å². The summed E-state index contributed by atoms with van der Waals surface area (Å²) in [5, 5.41) is 0. The van der Waals surface area contributed by atoms with Gasteiger partial charge in [0.2, 0.25) is 0 Å². The number of benzene rings is 2. The maximum atomic E-state index is 6.11. The SMILES string of the molecule is CCOc1ccccc1C(CN)N1CCc2ccccc21. The number of para-hydroxylation sites is 2. The summed E-state index contributed by atoms with van der Waals surface area (Å²) in [4.78, 5) is 2.41. The molecule has 21 heavy (non-hydrogen) atoms. The highest BCUT2D eigenvalue weighted by Gasteiger charge is 2.27. The van der Waals surface area contributed by atoms with Gasteiger partial charge in [-0.3, -0.25) is 0 Å². The summed E-state index contributed by atoms with van der Waals surface area (Å²) in [6.07, 6.45) is 1.09. The number of hydrogen-bond acceptors (Lipinski definition) is 3. The molecule has 2 aromatic carbocycles. The average molecular weight is 282 g/mol. The van der Waals surface area contributed by atoms with Crippen molar-refractivity contribution in [3.8, 4) is 5.75 Å². The molecular formula is C18H22N2O. The summed E-state index contributed by atoms with van der Waals surface area (Å²) >= 11 is 0. The minimum Gasteiger partial charge on any atom is -0.494 e. The van der Waals surface area contributed by atoms with Crippen LogP contribution in [-0.4, -0.2) is 19.7 Å². The van der Waals surface area contributed by atoms with Crippen LogP contribution >= 0.6 is 0 Å². The highest BCUT2D eigenvalue weighted by atomic mass is 16.5. The molecular weight excluding hydrogens is 260 g/mol. The van der Waals surface area contributed by atoms with Crippen LogP contribution in [0.25, 0.3) is 0 Å². The fourth-order valence-electron chi connectivity index (χ4n) is 3.15. The van der Waals surface area contributed by atoms with Crippen LogP contribution in [0.3, 0.4) is 0 Å². The third kappa shape index (κ3) is 2.61. The standard InChI is InChI=1S/C18H22N2O/c1-2-21-18-10-6-4-8-15(18)17(13-19)20-12-11-14-7-3-5-9-16(14)20/h3-10,17H,2,11-13,19H2,1H3. The van der Waals surface area contributed by atoms with Crippen molar-refractivity contribution in [3.05, 3.63) is 59.7 Å². The van der Waals surface area contributed by atoms with Crippen LogP contribution in [-0.2, 0) is 6.42 Å². The minimum absolute atomic E-state index is 0.163. The van der Waals surface area contributed by atoms with Crippen molar-refractivity contribution in [2.45, 2.75) is 19.4 Å². The van der Waals surface area contributed by atoms with Gasteiger partial charge in [0.25, 0.3) is 0 Å². The first-order valence-electron chi connectivity index (χ1n) is 7.61. The summed E-state index contributed by atoms with van der Waals surface area (Å²) in [5.74, 6) is 0.944. The lowest BCUT2D eigenvalue weighted by molar-refractivity contribution is 0.333. The Morgan fingerprint density at radius 2 is 1.90 bits per heavy atom. The molecule has 0 spiro atoms. The first kappa shape index (κ1) is 14.0. The number of anilines is 1. The fourth-order valence-corrected chi connectivity index (χ4v) is 3.15. The maximum absolute atomic E-state index is 6.11. The Hall–Kier alpha value is -2.00. The van der Waals surface area contributed by atoms with Crippen LogP contribution in [0.1, 0.15) is 24.1 Å². The van der Waals surface area contributed by atoms with Crippen molar-refractivity contribution in [2.24, 2.45) is 5.73 Å². The Balaban J connectivity index is 1.97. The van der Waals surface area contributed by atoms with E-state index in [4.69, 9.17) is 10.5 Å². The van der Waals surface area contributed by atoms with E-state index < -0.39 is 0 Å². The minimum atomic E-state index is 0.163. The Bertz CT molecular complexity index is 612. The fraction of sp³-hybridized carbons (Fsp3) is 0.333. The molecule has 110 valence electrons. The van der Waals surface area contributed by atoms with Gasteiger partial charge in [-0.15, -0.1) is 0 Å². The molecule has 1 aliphatic rings. The van der Waals surface area contributed by atoms with Crippen molar-refractivity contribution in [3.63, 3.8) is 0 Å². The van der Waals surface area contributed by atoms with Gasteiger partial charge in [0.05, 0.1) is 12.6 Å². The monoisotopic (exact) mass is 282 g/mol. The van der Waals surface area contributed by atoms with Gasteiger partial charge in [0, 0.05) is 24.3 Å². The van der Waals surface area contributed by atoms with Crippen LogP contribution < -0.4 is 15.4 Å². The van der Waals surface area contributed by atoms with Crippen molar-refractivity contribution in [2.75, 3.05) is 24.6 Å². The molecule has 0 radical (unpaired) electrons. The van der Waals surface area contributed by atoms with E-state index in [1.54, 1.807) is 0 Å². The van der Waals surface area contributed by atoms with Gasteiger partial charge >= 0.3 is 0 Å². The lowest BCUT2D eigenvalue weighted by Gasteiger charge is -2.31. The predicted octanol–water partition coefficient (Wildman–Crippen LogP) is 3.15. The van der Waals surface area contributed by atoms with Gasteiger partial charge in [0.1, 0.15) is 5.75 Å². The van der Waals surface area contributed by atoms with Gasteiger partial charge in [0.15, 0.2) is 0 Å². The number of rotatable bonds is 5. The van der Waals surface area contributed by atoms with E-state index in [0.717, 1.165) is 18.7 Å². The van der Waals surface area contributed by atoms with Crippen molar-refractivity contribution >= 4 is 5.69 Å². The van der Waals surface area contributed by atoms with Crippen LogP contribution in [0.15, 0.2) is 48.5 Å². The summed E-state index contributed by atoms with van der Waals surface area (Å²) in [5.41, 5.74) is 10.0. The van der Waals surface area contributed by atoms with Crippen LogP contribution in [0.5, 0.6) is 5.75 Å². The van der Waals surface area contributed by atoms with Crippen molar-refractivity contribution in [1.82, 2.24) is 0 Å². The zero-order valence-electron chi connectivity index (χ0n) is 12.5. The number of hydrogen-bond donors (Lipinski definition) is 1. The molecule has 0 saturated heterocycles. The Labute approximate surface area is 126 Å². The highest BCUT2D eigenvalue weighted by molar-refractivity contribution is 5.60. The van der Waals surface area contributed by atoms with E-state index in [2.05, 4.69) is 41.3 Å². The van der Waals surface area contributed by atoms with E-state index in [9.17, 15) is 0 Å². The van der Waals surface area contributed by atoms with E-state index in [-0.39, 0.29) is 6.04 Å². The molecule has 2 aromatic rings. The largest absolute Gasteiger partial charge is 0.494 e. The van der Waals surface area contributed by atoms with Gasteiger partial charge < -0.3 is 15.4 Å². The van der Waals surface area contributed by atoms with Crippen molar-refractivity contribution < 1.29 is 4.74 Å². The number of fused-ring (bicyclic) bond motifs is 1. The molecule has 0 amide bonds. The zero-order valence-corrected chi connectivity index (χ0v) is 12.5. The molecule has 3 rings (SSSR count). The third-order valence-electron chi connectivity index (χ3n) is 4.10. The van der Waals surface area contributed by atoms with E-state index in [1.807, 2.05) is 19.1 Å². The molecule has 1 unspecified atom stereocenters. The summed E-state index contributed by atoms with van der Waals surface area (Å²) in [6, 6.07) is 17.0. The van der Waals surface area contributed by atoms with E-state index in [1.165, 1.54) is 16.8 Å². The average Bonchev–Trinajstić information content (AvgIpc) is 2.94. The highest BCUT2D eigenvalue weighted by Crippen LogP contribution is 2.37.